The Hall–Kier alpha value is -0.494. The van der Waals surface area contributed by atoms with Crippen molar-refractivity contribution in [2.24, 2.45) is 0 Å². The summed E-state index contributed by atoms with van der Waals surface area (Å²) in [6, 6.07) is 0. The summed E-state index contributed by atoms with van der Waals surface area (Å²) in [5.74, 6) is 0. The molecule has 0 amide bonds. The maximum absolute atomic E-state index is 10.4. The summed E-state index contributed by atoms with van der Waals surface area (Å²) in [7, 11) is 0. The van der Waals surface area contributed by atoms with Crippen LogP contribution in [0.2, 0.25) is 0 Å². The number of carbonyl (C=O) groups excluding carboxylic acids is 2. The third-order valence-electron chi connectivity index (χ3n) is 0.691. The number of rotatable bonds is 2. The highest BCUT2D eigenvalue weighted by atomic mass is 24.3. The second kappa shape index (κ2) is 8.60. The van der Waals surface area contributed by atoms with Crippen LogP contribution in [0.25, 0.3) is 0 Å². The maximum atomic E-state index is 10.4. The highest BCUT2D eigenvalue weighted by molar-refractivity contribution is 5.76. The molecule has 0 bridgehead atoms. The Morgan fingerprint density at radius 1 is 1.08 bits per heavy atom. The zero-order valence-corrected chi connectivity index (χ0v) is 8.58. The third-order valence-corrected chi connectivity index (χ3v) is 0.691. The lowest BCUT2D eigenvalue weighted by Gasteiger charge is -2.01. The molecule has 0 N–H and O–H groups in total. The first-order chi connectivity index (χ1) is 5.20. The smallest absolute Gasteiger partial charge is 0.434 e. The van der Waals surface area contributed by atoms with Crippen molar-refractivity contribution in [2.45, 2.75) is 13.8 Å². The fraction of sp³-hybridized carbons (Fsp3) is 0.667. The molecule has 6 heteroatoms. The lowest BCUT2D eigenvalue weighted by atomic mass is 10.9. The van der Waals surface area contributed by atoms with E-state index in [9.17, 15) is 9.59 Å². The number of hydrogen-bond donors (Lipinski definition) is 0. The van der Waals surface area contributed by atoms with Gasteiger partial charge in [-0.05, 0) is 13.8 Å². The predicted molar refractivity (Wildman–Crippen MR) is 45.1 cm³/mol. The molecular weight excluding hydrogens is 176 g/mol. The van der Waals surface area contributed by atoms with E-state index >= 15 is 0 Å². The van der Waals surface area contributed by atoms with E-state index < -0.39 is 12.3 Å². The van der Waals surface area contributed by atoms with Crippen molar-refractivity contribution in [3.05, 3.63) is 0 Å². The highest BCUT2D eigenvalue weighted by Crippen LogP contribution is 1.89. The van der Waals surface area contributed by atoms with Gasteiger partial charge in [-0.1, -0.05) is 0 Å². The lowest BCUT2D eigenvalue weighted by Crippen LogP contribution is -2.14. The average molecular weight is 190 g/mol. The fourth-order valence-electron chi connectivity index (χ4n) is 0.363. The molecule has 0 aliphatic heterocycles. The number of carbonyl (C=O) groups is 2. The van der Waals surface area contributed by atoms with Crippen molar-refractivity contribution < 1.29 is 26.7 Å². The summed E-state index contributed by atoms with van der Waals surface area (Å²) in [5.41, 5.74) is 0. The van der Waals surface area contributed by atoms with Crippen molar-refractivity contribution >= 4 is 35.4 Å². The minimum atomic E-state index is -1.04. The van der Waals surface area contributed by atoms with Gasteiger partial charge in [0, 0.05) is 25.9 Å². The van der Waals surface area contributed by atoms with Crippen LogP contribution in [0.3, 0.4) is 0 Å². The standard InChI is InChI=1S/C6H10O5.Mg.2H2/c1-3-9-5(7)11-6(8)10-4-2;;;/h3-4H2,1-2H3;;2*1H. The lowest BCUT2D eigenvalue weighted by molar-refractivity contribution is 0.0409. The Morgan fingerprint density at radius 2 is 1.42 bits per heavy atom. The van der Waals surface area contributed by atoms with Crippen molar-refractivity contribution in [1.82, 2.24) is 0 Å². The summed E-state index contributed by atoms with van der Waals surface area (Å²) < 4.78 is 12.6. The molecule has 12 heavy (non-hydrogen) atoms. The fourth-order valence-corrected chi connectivity index (χ4v) is 0.363. The molecule has 0 heterocycles. The van der Waals surface area contributed by atoms with Gasteiger partial charge < -0.3 is 14.2 Å². The minimum Gasteiger partial charge on any atom is -0.434 e. The van der Waals surface area contributed by atoms with Gasteiger partial charge in [-0.2, -0.15) is 0 Å². The predicted octanol–water partition coefficient (Wildman–Crippen LogP) is 1.43. The first-order valence-corrected chi connectivity index (χ1v) is 3.22. The zero-order valence-electron chi connectivity index (χ0n) is 7.16. The van der Waals surface area contributed by atoms with Gasteiger partial charge in [-0.3, -0.25) is 0 Å². The van der Waals surface area contributed by atoms with Crippen molar-refractivity contribution in [1.29, 1.82) is 0 Å². The first-order valence-electron chi connectivity index (χ1n) is 3.22. The Morgan fingerprint density at radius 3 is 1.67 bits per heavy atom. The molecule has 0 aliphatic carbocycles. The van der Waals surface area contributed by atoms with Gasteiger partial charge in [-0.25, -0.2) is 9.59 Å². The van der Waals surface area contributed by atoms with Gasteiger partial charge in [0.05, 0.1) is 13.2 Å². The minimum absolute atomic E-state index is 0. The second-order valence-corrected chi connectivity index (χ2v) is 1.47. The van der Waals surface area contributed by atoms with E-state index in [1.54, 1.807) is 13.8 Å². The van der Waals surface area contributed by atoms with Crippen LogP contribution in [-0.2, 0) is 14.2 Å². The Bertz CT molecular complexity index is 139. The number of ether oxygens (including phenoxy) is 3. The molecule has 0 atom stereocenters. The second-order valence-electron chi connectivity index (χ2n) is 1.47. The van der Waals surface area contributed by atoms with Gasteiger partial charge in [0.15, 0.2) is 0 Å². The van der Waals surface area contributed by atoms with Crippen LogP contribution < -0.4 is 0 Å². The van der Waals surface area contributed by atoms with E-state index in [2.05, 4.69) is 14.2 Å². The molecule has 0 fully saturated rings. The molecule has 0 aliphatic rings. The normalized spacial score (nSPS) is 7.83. The van der Waals surface area contributed by atoms with E-state index in [4.69, 9.17) is 0 Å². The summed E-state index contributed by atoms with van der Waals surface area (Å²) >= 11 is 0. The molecule has 0 aromatic carbocycles. The molecule has 0 saturated carbocycles. The molecule has 0 aromatic heterocycles. The largest absolute Gasteiger partial charge is 0.518 e. The highest BCUT2D eigenvalue weighted by Gasteiger charge is 2.10. The van der Waals surface area contributed by atoms with Crippen molar-refractivity contribution in [2.75, 3.05) is 13.2 Å². The topological polar surface area (TPSA) is 61.8 Å². The van der Waals surface area contributed by atoms with Crippen LogP contribution in [0, 0.1) is 0 Å². The Labute approximate surface area is 89.5 Å². The van der Waals surface area contributed by atoms with Crippen LogP contribution in [-0.4, -0.2) is 48.6 Å². The maximum Gasteiger partial charge on any atom is 0.518 e. The molecule has 2 radical (unpaired) electrons. The van der Waals surface area contributed by atoms with Crippen LogP contribution in [0.15, 0.2) is 0 Å². The van der Waals surface area contributed by atoms with Gasteiger partial charge in [0.2, 0.25) is 0 Å². The zero-order chi connectivity index (χ0) is 8.69. The van der Waals surface area contributed by atoms with E-state index in [1.165, 1.54) is 0 Å². The Balaban J connectivity index is -0.000000167. The third kappa shape index (κ3) is 7.61. The van der Waals surface area contributed by atoms with Crippen molar-refractivity contribution in [3.8, 4) is 0 Å². The Kier molecular flexibility index (Phi) is 10.1. The van der Waals surface area contributed by atoms with Crippen LogP contribution in [0.4, 0.5) is 9.59 Å². The quantitative estimate of drug-likeness (QED) is 0.374. The van der Waals surface area contributed by atoms with Gasteiger partial charge in [-0.15, -0.1) is 0 Å². The summed E-state index contributed by atoms with van der Waals surface area (Å²) in [6.07, 6.45) is -2.07. The van der Waals surface area contributed by atoms with Crippen LogP contribution >= 0.6 is 0 Å². The van der Waals surface area contributed by atoms with Gasteiger partial charge in [0.1, 0.15) is 0 Å². The van der Waals surface area contributed by atoms with E-state index in [1.807, 2.05) is 0 Å². The van der Waals surface area contributed by atoms with E-state index in [-0.39, 0.29) is 39.1 Å². The van der Waals surface area contributed by atoms with Crippen molar-refractivity contribution in [3.63, 3.8) is 0 Å². The average Bonchev–Trinajstić information content (AvgIpc) is 1.87. The first kappa shape index (κ1) is 14.1. The monoisotopic (exact) mass is 190 g/mol. The van der Waals surface area contributed by atoms with E-state index in [0.29, 0.717) is 0 Å². The summed E-state index contributed by atoms with van der Waals surface area (Å²) in [4.78, 5) is 20.8. The summed E-state index contributed by atoms with van der Waals surface area (Å²) in [6.45, 7) is 3.54. The van der Waals surface area contributed by atoms with Gasteiger partial charge in [0.25, 0.3) is 0 Å². The SMILES string of the molecule is CCOC(=O)OC(=O)OCC.[HH].[HH].[Mg]. The van der Waals surface area contributed by atoms with Gasteiger partial charge >= 0.3 is 12.3 Å². The molecule has 70 valence electrons. The molecule has 0 saturated heterocycles. The molecule has 0 unspecified atom stereocenters. The molecule has 0 spiro atoms. The molecular formula is C6H14MgO5. The summed E-state index contributed by atoms with van der Waals surface area (Å²) in [5, 5.41) is 0. The van der Waals surface area contributed by atoms with Crippen LogP contribution in [0.5, 0.6) is 0 Å². The molecule has 0 rings (SSSR count). The number of hydrogen-bond acceptors (Lipinski definition) is 5. The van der Waals surface area contributed by atoms with E-state index in [0.717, 1.165) is 0 Å². The molecule has 0 aromatic rings. The molecule has 5 nitrogen and oxygen atoms in total. The van der Waals surface area contributed by atoms with Crippen LogP contribution in [0.1, 0.15) is 16.7 Å².